The highest BCUT2D eigenvalue weighted by Gasteiger charge is 2.30. The Balaban J connectivity index is 1.82. The summed E-state index contributed by atoms with van der Waals surface area (Å²) in [6.07, 6.45) is 2.77. The van der Waals surface area contributed by atoms with E-state index in [2.05, 4.69) is 15.9 Å². The number of rotatable bonds is 5. The van der Waals surface area contributed by atoms with Gasteiger partial charge >= 0.3 is 0 Å². The van der Waals surface area contributed by atoms with Gasteiger partial charge in [-0.15, -0.1) is 0 Å². The van der Waals surface area contributed by atoms with Gasteiger partial charge in [0.25, 0.3) is 0 Å². The maximum Gasteiger partial charge on any atom is 0.224 e. The van der Waals surface area contributed by atoms with Crippen molar-refractivity contribution in [1.82, 2.24) is 4.90 Å². The van der Waals surface area contributed by atoms with Gasteiger partial charge in [-0.25, -0.2) is 0 Å². The third kappa shape index (κ3) is 3.57. The number of nitrogens with zero attached hydrogens (tertiary/aromatic N) is 1. The fourth-order valence-corrected chi connectivity index (χ4v) is 2.15. The zero-order valence-electron chi connectivity index (χ0n) is 9.86. The molecule has 1 fully saturated rings. The standard InChI is InChI=1S/C12H17BrN2O2/c1-15(7-9-4-5-11(13)17-9)12(16)6-10(14)8-2-3-8/h4-5,8,10H,2-3,6-7,14H2,1H3. The first-order valence-electron chi connectivity index (χ1n) is 5.80. The van der Waals surface area contributed by atoms with Crippen molar-refractivity contribution < 1.29 is 9.21 Å². The molecule has 0 radical (unpaired) electrons. The Morgan fingerprint density at radius 1 is 1.65 bits per heavy atom. The molecule has 1 amide bonds. The highest BCUT2D eigenvalue weighted by atomic mass is 79.9. The highest BCUT2D eigenvalue weighted by molar-refractivity contribution is 9.10. The molecule has 0 saturated heterocycles. The summed E-state index contributed by atoms with van der Waals surface area (Å²) >= 11 is 3.24. The summed E-state index contributed by atoms with van der Waals surface area (Å²) < 4.78 is 6.04. The zero-order chi connectivity index (χ0) is 12.4. The van der Waals surface area contributed by atoms with E-state index in [1.807, 2.05) is 12.1 Å². The Morgan fingerprint density at radius 2 is 2.35 bits per heavy atom. The number of halogens is 1. The van der Waals surface area contributed by atoms with Gasteiger partial charge in [0, 0.05) is 19.5 Å². The van der Waals surface area contributed by atoms with Crippen molar-refractivity contribution in [3.63, 3.8) is 0 Å². The van der Waals surface area contributed by atoms with Crippen LogP contribution in [0.4, 0.5) is 0 Å². The van der Waals surface area contributed by atoms with Crippen LogP contribution in [0.1, 0.15) is 25.0 Å². The lowest BCUT2D eigenvalue weighted by Gasteiger charge is -2.18. The monoisotopic (exact) mass is 300 g/mol. The molecular formula is C12H17BrN2O2. The summed E-state index contributed by atoms with van der Waals surface area (Å²) in [5.74, 6) is 1.41. The first-order chi connectivity index (χ1) is 8.06. The van der Waals surface area contributed by atoms with E-state index in [1.54, 1.807) is 11.9 Å². The molecule has 1 aromatic heterocycles. The summed E-state index contributed by atoms with van der Waals surface area (Å²) in [7, 11) is 1.78. The number of hydrogen-bond donors (Lipinski definition) is 1. The molecule has 4 nitrogen and oxygen atoms in total. The molecule has 0 aromatic carbocycles. The Morgan fingerprint density at radius 3 is 2.88 bits per heavy atom. The number of hydrogen-bond acceptors (Lipinski definition) is 3. The van der Waals surface area contributed by atoms with Crippen LogP contribution in [0.15, 0.2) is 21.2 Å². The van der Waals surface area contributed by atoms with E-state index >= 15 is 0 Å². The van der Waals surface area contributed by atoms with Crippen molar-refractivity contribution >= 4 is 21.8 Å². The molecule has 0 bridgehead atoms. The van der Waals surface area contributed by atoms with E-state index in [1.165, 1.54) is 12.8 Å². The lowest BCUT2D eigenvalue weighted by molar-refractivity contribution is -0.131. The quantitative estimate of drug-likeness (QED) is 0.906. The van der Waals surface area contributed by atoms with E-state index in [4.69, 9.17) is 10.2 Å². The first-order valence-corrected chi connectivity index (χ1v) is 6.59. The van der Waals surface area contributed by atoms with Gasteiger partial charge in [0.1, 0.15) is 5.76 Å². The molecule has 5 heteroatoms. The van der Waals surface area contributed by atoms with Crippen molar-refractivity contribution in [2.24, 2.45) is 11.7 Å². The fraction of sp³-hybridized carbons (Fsp3) is 0.583. The van der Waals surface area contributed by atoms with Gasteiger partial charge in [-0.3, -0.25) is 4.79 Å². The van der Waals surface area contributed by atoms with Gasteiger partial charge in [0.2, 0.25) is 5.91 Å². The van der Waals surface area contributed by atoms with Crippen LogP contribution in [0, 0.1) is 5.92 Å². The van der Waals surface area contributed by atoms with Gasteiger partial charge < -0.3 is 15.1 Å². The van der Waals surface area contributed by atoms with Gasteiger partial charge in [0.05, 0.1) is 6.54 Å². The molecule has 1 unspecified atom stereocenters. The van der Waals surface area contributed by atoms with Gasteiger partial charge in [-0.1, -0.05) is 0 Å². The molecular weight excluding hydrogens is 284 g/mol. The highest BCUT2D eigenvalue weighted by Crippen LogP contribution is 2.33. The summed E-state index contributed by atoms with van der Waals surface area (Å²) in [6, 6.07) is 3.70. The minimum atomic E-state index is 0.0216. The Labute approximate surface area is 109 Å². The molecule has 17 heavy (non-hydrogen) atoms. The van der Waals surface area contributed by atoms with Crippen molar-refractivity contribution in [3.8, 4) is 0 Å². The van der Waals surface area contributed by atoms with Gasteiger partial charge in [-0.05, 0) is 46.8 Å². The molecule has 1 aromatic rings. The van der Waals surface area contributed by atoms with Crippen LogP contribution in [-0.4, -0.2) is 23.9 Å². The smallest absolute Gasteiger partial charge is 0.224 e. The minimum Gasteiger partial charge on any atom is -0.452 e. The third-order valence-electron chi connectivity index (χ3n) is 3.09. The van der Waals surface area contributed by atoms with E-state index < -0.39 is 0 Å². The van der Waals surface area contributed by atoms with Crippen molar-refractivity contribution in [3.05, 3.63) is 22.6 Å². The largest absolute Gasteiger partial charge is 0.452 e. The van der Waals surface area contributed by atoms with E-state index in [0.29, 0.717) is 23.6 Å². The average Bonchev–Trinajstić information content (AvgIpc) is 3.04. The van der Waals surface area contributed by atoms with Crippen LogP contribution >= 0.6 is 15.9 Å². The SMILES string of the molecule is CN(Cc1ccc(Br)o1)C(=O)CC(N)C1CC1. The van der Waals surface area contributed by atoms with Crippen LogP contribution in [0.2, 0.25) is 0 Å². The molecule has 0 aliphatic heterocycles. The van der Waals surface area contributed by atoms with Crippen molar-refractivity contribution in [1.29, 1.82) is 0 Å². The minimum absolute atomic E-state index is 0.0216. The number of carbonyl (C=O) groups excluding carboxylic acids is 1. The van der Waals surface area contributed by atoms with Crippen LogP contribution in [0.25, 0.3) is 0 Å². The number of nitrogens with two attached hydrogens (primary N) is 1. The Bertz CT molecular complexity index is 401. The molecule has 0 spiro atoms. The Kier molecular flexibility index (Phi) is 3.89. The van der Waals surface area contributed by atoms with Gasteiger partial charge in [-0.2, -0.15) is 0 Å². The first kappa shape index (κ1) is 12.6. The second kappa shape index (κ2) is 5.23. The van der Waals surface area contributed by atoms with E-state index in [-0.39, 0.29) is 11.9 Å². The maximum absolute atomic E-state index is 11.9. The molecule has 94 valence electrons. The van der Waals surface area contributed by atoms with Crippen LogP contribution in [-0.2, 0) is 11.3 Å². The lowest BCUT2D eigenvalue weighted by atomic mass is 10.1. The summed E-state index contributed by atoms with van der Waals surface area (Å²) in [6.45, 7) is 0.488. The molecule has 1 heterocycles. The van der Waals surface area contributed by atoms with E-state index in [9.17, 15) is 4.79 Å². The predicted octanol–water partition coefficient (Wildman–Crippen LogP) is 2.13. The normalized spacial score (nSPS) is 16.9. The van der Waals surface area contributed by atoms with Crippen molar-refractivity contribution in [2.45, 2.75) is 31.8 Å². The molecule has 2 rings (SSSR count). The van der Waals surface area contributed by atoms with Crippen LogP contribution in [0.5, 0.6) is 0 Å². The molecule has 2 N–H and O–H groups in total. The third-order valence-corrected chi connectivity index (χ3v) is 3.51. The van der Waals surface area contributed by atoms with Gasteiger partial charge in [0.15, 0.2) is 4.67 Å². The average molecular weight is 301 g/mol. The number of furan rings is 1. The predicted molar refractivity (Wildman–Crippen MR) is 68.2 cm³/mol. The molecule has 1 aliphatic rings. The molecule has 1 atom stereocenters. The second-order valence-corrected chi connectivity index (χ2v) is 5.44. The zero-order valence-corrected chi connectivity index (χ0v) is 11.4. The molecule has 1 saturated carbocycles. The molecule has 1 aliphatic carbocycles. The summed E-state index contributed by atoms with van der Waals surface area (Å²) in [5, 5.41) is 0. The summed E-state index contributed by atoms with van der Waals surface area (Å²) in [4.78, 5) is 13.5. The number of carbonyl (C=O) groups is 1. The van der Waals surface area contributed by atoms with Crippen LogP contribution < -0.4 is 5.73 Å². The topological polar surface area (TPSA) is 59.5 Å². The number of amides is 1. The summed E-state index contributed by atoms with van der Waals surface area (Å²) in [5.41, 5.74) is 5.94. The Hall–Kier alpha value is -0.810. The lowest BCUT2D eigenvalue weighted by Crippen LogP contribution is -2.34. The fourth-order valence-electron chi connectivity index (χ4n) is 1.81. The van der Waals surface area contributed by atoms with Crippen LogP contribution in [0.3, 0.4) is 0 Å². The van der Waals surface area contributed by atoms with E-state index in [0.717, 1.165) is 5.76 Å². The maximum atomic E-state index is 11.9. The van der Waals surface area contributed by atoms with Crippen molar-refractivity contribution in [2.75, 3.05) is 7.05 Å². The second-order valence-electron chi connectivity index (χ2n) is 4.66.